The van der Waals surface area contributed by atoms with E-state index in [2.05, 4.69) is 0 Å². The Morgan fingerprint density at radius 2 is 2.11 bits per heavy atom. The SMILES string of the molecule is CCC(CN)CC(=O)N(C)Cc1ccc(Cl)cc1Cl. The maximum atomic E-state index is 12.1. The highest BCUT2D eigenvalue weighted by Gasteiger charge is 2.15. The number of nitrogens with zero attached hydrogens (tertiary/aromatic N) is 1. The molecule has 0 spiro atoms. The van der Waals surface area contributed by atoms with Crippen LogP contribution in [0, 0.1) is 5.92 Å². The summed E-state index contributed by atoms with van der Waals surface area (Å²) in [5.74, 6) is 0.332. The van der Waals surface area contributed by atoms with Crippen molar-refractivity contribution in [3.63, 3.8) is 0 Å². The van der Waals surface area contributed by atoms with Gasteiger partial charge in [-0.15, -0.1) is 0 Å². The molecule has 1 aromatic carbocycles. The topological polar surface area (TPSA) is 46.3 Å². The quantitative estimate of drug-likeness (QED) is 0.876. The molecule has 0 aliphatic heterocycles. The van der Waals surface area contributed by atoms with Gasteiger partial charge in [0.2, 0.25) is 5.91 Å². The monoisotopic (exact) mass is 302 g/mol. The summed E-state index contributed by atoms with van der Waals surface area (Å²) in [7, 11) is 1.77. The minimum absolute atomic E-state index is 0.0864. The molecule has 19 heavy (non-hydrogen) atoms. The molecule has 0 aromatic heterocycles. The van der Waals surface area contributed by atoms with Crippen LogP contribution >= 0.6 is 23.2 Å². The van der Waals surface area contributed by atoms with Gasteiger partial charge in [-0.2, -0.15) is 0 Å². The van der Waals surface area contributed by atoms with Gasteiger partial charge < -0.3 is 10.6 Å². The van der Waals surface area contributed by atoms with E-state index in [0.29, 0.717) is 29.6 Å². The minimum atomic E-state index is 0.0864. The molecule has 2 N–H and O–H groups in total. The summed E-state index contributed by atoms with van der Waals surface area (Å²) in [6.07, 6.45) is 1.40. The molecule has 1 unspecified atom stereocenters. The lowest BCUT2D eigenvalue weighted by Gasteiger charge is -2.20. The van der Waals surface area contributed by atoms with Crippen LogP contribution in [0.15, 0.2) is 18.2 Å². The lowest BCUT2D eigenvalue weighted by Crippen LogP contribution is -2.29. The molecule has 0 saturated heterocycles. The fourth-order valence-corrected chi connectivity index (χ4v) is 2.26. The van der Waals surface area contributed by atoms with Gasteiger partial charge in [-0.05, 0) is 30.2 Å². The predicted octanol–water partition coefficient (Wildman–Crippen LogP) is 3.33. The van der Waals surface area contributed by atoms with E-state index < -0.39 is 0 Å². The van der Waals surface area contributed by atoms with Crippen LogP contribution in [0.25, 0.3) is 0 Å². The second kappa shape index (κ2) is 7.73. The maximum Gasteiger partial charge on any atom is 0.222 e. The average molecular weight is 303 g/mol. The Morgan fingerprint density at radius 1 is 1.42 bits per heavy atom. The van der Waals surface area contributed by atoms with Crippen molar-refractivity contribution in [1.82, 2.24) is 4.90 Å². The van der Waals surface area contributed by atoms with Gasteiger partial charge >= 0.3 is 0 Å². The van der Waals surface area contributed by atoms with E-state index in [1.165, 1.54) is 0 Å². The Hall–Kier alpha value is -0.770. The Balaban J connectivity index is 2.63. The second-order valence-electron chi connectivity index (χ2n) is 4.70. The fraction of sp³-hybridized carbons (Fsp3) is 0.500. The van der Waals surface area contributed by atoms with Gasteiger partial charge in [0, 0.05) is 30.1 Å². The van der Waals surface area contributed by atoms with Gasteiger partial charge in [0.15, 0.2) is 0 Å². The van der Waals surface area contributed by atoms with Crippen molar-refractivity contribution in [3.05, 3.63) is 33.8 Å². The Kier molecular flexibility index (Phi) is 6.63. The van der Waals surface area contributed by atoms with Crippen LogP contribution in [-0.4, -0.2) is 24.4 Å². The number of hydrogen-bond acceptors (Lipinski definition) is 2. The highest BCUT2D eigenvalue weighted by Crippen LogP contribution is 2.22. The molecule has 0 aliphatic carbocycles. The largest absolute Gasteiger partial charge is 0.341 e. The number of halogens is 2. The summed E-state index contributed by atoms with van der Waals surface area (Å²) in [6.45, 7) is 3.06. The van der Waals surface area contributed by atoms with Gasteiger partial charge in [0.25, 0.3) is 0 Å². The Morgan fingerprint density at radius 3 is 2.63 bits per heavy atom. The van der Waals surface area contributed by atoms with E-state index in [1.54, 1.807) is 24.1 Å². The number of hydrogen-bond donors (Lipinski definition) is 1. The maximum absolute atomic E-state index is 12.1. The zero-order chi connectivity index (χ0) is 14.4. The van der Waals surface area contributed by atoms with Crippen LogP contribution in [0.1, 0.15) is 25.3 Å². The number of nitrogens with two attached hydrogens (primary N) is 1. The summed E-state index contributed by atoms with van der Waals surface area (Å²) in [5, 5.41) is 1.18. The van der Waals surface area contributed by atoms with E-state index in [4.69, 9.17) is 28.9 Å². The molecule has 0 heterocycles. The molecule has 1 amide bonds. The summed E-state index contributed by atoms with van der Waals surface area (Å²) < 4.78 is 0. The highest BCUT2D eigenvalue weighted by molar-refractivity contribution is 6.35. The fourth-order valence-electron chi connectivity index (χ4n) is 1.79. The number of carbonyl (C=O) groups is 1. The van der Waals surface area contributed by atoms with Crippen LogP contribution in [0.2, 0.25) is 10.0 Å². The first-order valence-electron chi connectivity index (χ1n) is 6.35. The molecule has 3 nitrogen and oxygen atoms in total. The Bertz CT molecular complexity index is 433. The molecular weight excluding hydrogens is 283 g/mol. The third kappa shape index (κ3) is 5.01. The molecule has 1 aromatic rings. The van der Waals surface area contributed by atoms with Gasteiger partial charge in [-0.1, -0.05) is 42.6 Å². The highest BCUT2D eigenvalue weighted by atomic mass is 35.5. The van der Waals surface area contributed by atoms with Crippen molar-refractivity contribution in [2.45, 2.75) is 26.3 Å². The number of rotatable bonds is 6. The average Bonchev–Trinajstić information content (AvgIpc) is 2.38. The molecular formula is C14H20Cl2N2O. The van der Waals surface area contributed by atoms with Crippen molar-refractivity contribution in [3.8, 4) is 0 Å². The molecule has 106 valence electrons. The molecule has 1 atom stereocenters. The molecule has 0 fully saturated rings. The zero-order valence-electron chi connectivity index (χ0n) is 11.3. The van der Waals surface area contributed by atoms with E-state index >= 15 is 0 Å². The molecule has 0 radical (unpaired) electrons. The number of carbonyl (C=O) groups excluding carboxylic acids is 1. The van der Waals surface area contributed by atoms with Crippen LogP contribution in [-0.2, 0) is 11.3 Å². The van der Waals surface area contributed by atoms with Gasteiger partial charge in [-0.3, -0.25) is 4.79 Å². The second-order valence-corrected chi connectivity index (χ2v) is 5.54. The lowest BCUT2D eigenvalue weighted by molar-refractivity contribution is -0.131. The summed E-state index contributed by atoms with van der Waals surface area (Å²) in [5.41, 5.74) is 6.51. The Labute approximate surface area is 124 Å². The molecule has 5 heteroatoms. The van der Waals surface area contributed by atoms with E-state index in [0.717, 1.165) is 12.0 Å². The standard InChI is InChI=1S/C14H20Cl2N2O/c1-3-10(8-17)6-14(19)18(2)9-11-4-5-12(15)7-13(11)16/h4-5,7,10H,3,6,8-9,17H2,1-2H3. The van der Waals surface area contributed by atoms with Gasteiger partial charge in [0.05, 0.1) is 0 Å². The van der Waals surface area contributed by atoms with Crippen molar-refractivity contribution < 1.29 is 4.79 Å². The first kappa shape index (κ1) is 16.3. The first-order chi connectivity index (χ1) is 8.97. The van der Waals surface area contributed by atoms with Crippen molar-refractivity contribution in [2.24, 2.45) is 11.7 Å². The molecule has 0 bridgehead atoms. The van der Waals surface area contributed by atoms with Crippen LogP contribution in [0.4, 0.5) is 0 Å². The minimum Gasteiger partial charge on any atom is -0.341 e. The molecule has 1 rings (SSSR count). The summed E-state index contributed by atoms with van der Waals surface area (Å²) >= 11 is 11.9. The van der Waals surface area contributed by atoms with Crippen molar-refractivity contribution in [2.75, 3.05) is 13.6 Å². The van der Waals surface area contributed by atoms with Crippen molar-refractivity contribution in [1.29, 1.82) is 0 Å². The lowest BCUT2D eigenvalue weighted by atomic mass is 10.0. The zero-order valence-corrected chi connectivity index (χ0v) is 12.8. The molecule has 0 saturated carbocycles. The van der Waals surface area contributed by atoms with Crippen LogP contribution in [0.3, 0.4) is 0 Å². The number of amides is 1. The van der Waals surface area contributed by atoms with Crippen LogP contribution in [0.5, 0.6) is 0 Å². The predicted molar refractivity (Wildman–Crippen MR) is 80.4 cm³/mol. The van der Waals surface area contributed by atoms with Gasteiger partial charge in [0.1, 0.15) is 0 Å². The first-order valence-corrected chi connectivity index (χ1v) is 7.11. The smallest absolute Gasteiger partial charge is 0.222 e. The van der Waals surface area contributed by atoms with Crippen LogP contribution < -0.4 is 5.73 Å². The summed E-state index contributed by atoms with van der Waals surface area (Å²) in [4.78, 5) is 13.7. The van der Waals surface area contributed by atoms with E-state index in [1.807, 2.05) is 13.0 Å². The number of benzene rings is 1. The third-order valence-corrected chi connectivity index (χ3v) is 3.81. The van der Waals surface area contributed by atoms with Crippen molar-refractivity contribution >= 4 is 29.1 Å². The van der Waals surface area contributed by atoms with Gasteiger partial charge in [-0.25, -0.2) is 0 Å². The van der Waals surface area contributed by atoms with E-state index in [9.17, 15) is 4.79 Å². The van der Waals surface area contributed by atoms with E-state index in [-0.39, 0.29) is 11.8 Å². The third-order valence-electron chi connectivity index (χ3n) is 3.22. The normalized spacial score (nSPS) is 12.3. The molecule has 0 aliphatic rings. The summed E-state index contributed by atoms with van der Waals surface area (Å²) in [6, 6.07) is 5.30.